The summed E-state index contributed by atoms with van der Waals surface area (Å²) < 4.78 is 44.6. The zero-order chi connectivity index (χ0) is 21.8. The van der Waals surface area contributed by atoms with Gasteiger partial charge in [0.05, 0.1) is 38.7 Å². The van der Waals surface area contributed by atoms with Crippen LogP contribution in [0.5, 0.6) is 0 Å². The van der Waals surface area contributed by atoms with Crippen molar-refractivity contribution in [2.24, 2.45) is 0 Å². The topological polar surface area (TPSA) is 101 Å². The molecule has 1 aromatic carbocycles. The van der Waals surface area contributed by atoms with E-state index in [1.807, 2.05) is 17.9 Å². The Labute approximate surface area is 182 Å². The average Bonchev–Trinajstić information content (AvgIpc) is 3.23. The maximum atomic E-state index is 13.5. The number of rotatable bonds is 6. The van der Waals surface area contributed by atoms with Crippen LogP contribution in [0.15, 0.2) is 39.6 Å². The van der Waals surface area contributed by atoms with Crippen molar-refractivity contribution in [1.29, 1.82) is 0 Å². The van der Waals surface area contributed by atoms with Crippen molar-refractivity contribution in [3.05, 3.63) is 47.4 Å². The highest BCUT2D eigenvalue weighted by molar-refractivity contribution is 7.89. The molecule has 168 valence electrons. The van der Waals surface area contributed by atoms with Gasteiger partial charge in [-0.3, -0.25) is 4.79 Å². The summed E-state index contributed by atoms with van der Waals surface area (Å²) in [5, 5.41) is 2.79. The molecule has 31 heavy (non-hydrogen) atoms. The standard InChI is InChI=1S/C21H27N3O6S/c1-16-2-4-18(30-16)15-22-21(25)17-3-5-19(23-6-10-28-11-7-23)20(14-17)31(26,27)24-8-12-29-13-9-24/h2-5,14H,6-13,15H2,1H3,(H,22,25). The SMILES string of the molecule is Cc1ccc(CNC(=O)c2ccc(N3CCOCC3)c(S(=O)(=O)N3CCOCC3)c2)o1. The quantitative estimate of drug-likeness (QED) is 0.711. The second-order valence-electron chi connectivity index (χ2n) is 7.49. The largest absolute Gasteiger partial charge is 0.465 e. The molecule has 1 amide bonds. The fourth-order valence-electron chi connectivity index (χ4n) is 3.70. The summed E-state index contributed by atoms with van der Waals surface area (Å²) >= 11 is 0. The van der Waals surface area contributed by atoms with E-state index in [2.05, 4.69) is 5.32 Å². The van der Waals surface area contributed by atoms with Crippen molar-refractivity contribution < 1.29 is 27.1 Å². The fraction of sp³-hybridized carbons (Fsp3) is 0.476. The molecule has 0 unspecified atom stereocenters. The van der Waals surface area contributed by atoms with Crippen LogP contribution in [0.4, 0.5) is 5.69 Å². The van der Waals surface area contributed by atoms with E-state index in [1.54, 1.807) is 18.2 Å². The number of ether oxygens (including phenoxy) is 2. The number of anilines is 1. The molecule has 1 aromatic heterocycles. The van der Waals surface area contributed by atoms with Crippen molar-refractivity contribution in [1.82, 2.24) is 9.62 Å². The summed E-state index contributed by atoms with van der Waals surface area (Å²) in [7, 11) is -3.79. The summed E-state index contributed by atoms with van der Waals surface area (Å²) in [5.41, 5.74) is 0.875. The molecule has 0 aliphatic carbocycles. The second kappa shape index (κ2) is 9.39. The number of amides is 1. The van der Waals surface area contributed by atoms with Gasteiger partial charge in [-0.15, -0.1) is 0 Å². The lowest BCUT2D eigenvalue weighted by Gasteiger charge is -2.32. The maximum Gasteiger partial charge on any atom is 0.251 e. The van der Waals surface area contributed by atoms with Gasteiger partial charge in [-0.25, -0.2) is 8.42 Å². The lowest BCUT2D eigenvalue weighted by Crippen LogP contribution is -2.42. The Bertz CT molecular complexity index is 1020. The van der Waals surface area contributed by atoms with Crippen LogP contribution in [0.2, 0.25) is 0 Å². The van der Waals surface area contributed by atoms with Crippen LogP contribution >= 0.6 is 0 Å². The Morgan fingerprint density at radius 3 is 2.32 bits per heavy atom. The van der Waals surface area contributed by atoms with Crippen LogP contribution in [0.25, 0.3) is 0 Å². The Kier molecular flexibility index (Phi) is 6.61. The molecule has 2 aliphatic rings. The van der Waals surface area contributed by atoms with Crippen molar-refractivity contribution in [3.8, 4) is 0 Å². The molecule has 3 heterocycles. The molecule has 9 nitrogen and oxygen atoms in total. The number of benzene rings is 1. The van der Waals surface area contributed by atoms with Gasteiger partial charge in [0.2, 0.25) is 10.0 Å². The van der Waals surface area contributed by atoms with E-state index in [0.29, 0.717) is 64.1 Å². The predicted molar refractivity (Wildman–Crippen MR) is 114 cm³/mol. The van der Waals surface area contributed by atoms with Crippen molar-refractivity contribution in [2.75, 3.05) is 57.5 Å². The van der Waals surface area contributed by atoms with Crippen molar-refractivity contribution in [3.63, 3.8) is 0 Å². The molecule has 0 atom stereocenters. The van der Waals surface area contributed by atoms with E-state index >= 15 is 0 Å². The van der Waals surface area contributed by atoms with Gasteiger partial charge in [0, 0.05) is 31.7 Å². The Morgan fingerprint density at radius 1 is 1.00 bits per heavy atom. The van der Waals surface area contributed by atoms with Crippen LogP contribution < -0.4 is 10.2 Å². The summed E-state index contributed by atoms with van der Waals surface area (Å²) in [6.07, 6.45) is 0. The van der Waals surface area contributed by atoms with Gasteiger partial charge in [0.1, 0.15) is 16.4 Å². The number of nitrogens with one attached hydrogen (secondary N) is 1. The first kappa shape index (κ1) is 21.8. The van der Waals surface area contributed by atoms with Crippen molar-refractivity contribution >= 4 is 21.6 Å². The number of nitrogens with zero attached hydrogens (tertiary/aromatic N) is 2. The maximum absolute atomic E-state index is 13.5. The monoisotopic (exact) mass is 449 g/mol. The van der Waals surface area contributed by atoms with Gasteiger partial charge >= 0.3 is 0 Å². The lowest BCUT2D eigenvalue weighted by molar-refractivity contribution is 0.0730. The third-order valence-electron chi connectivity index (χ3n) is 5.38. The van der Waals surface area contributed by atoms with Crippen LogP contribution in [0.3, 0.4) is 0 Å². The molecule has 0 radical (unpaired) electrons. The molecule has 2 fully saturated rings. The molecular weight excluding hydrogens is 422 g/mol. The highest BCUT2D eigenvalue weighted by atomic mass is 32.2. The third kappa shape index (κ3) is 4.93. The average molecular weight is 450 g/mol. The summed E-state index contributed by atoms with van der Waals surface area (Å²) in [6.45, 7) is 5.59. The molecular formula is C21H27N3O6S. The Morgan fingerprint density at radius 2 is 1.68 bits per heavy atom. The number of sulfonamides is 1. The highest BCUT2D eigenvalue weighted by Gasteiger charge is 2.31. The predicted octanol–water partition coefficient (Wildman–Crippen LogP) is 1.38. The molecule has 1 N–H and O–H groups in total. The molecule has 0 bridgehead atoms. The third-order valence-corrected chi connectivity index (χ3v) is 7.31. The van der Waals surface area contributed by atoms with Crippen molar-refractivity contribution in [2.45, 2.75) is 18.4 Å². The molecule has 10 heteroatoms. The zero-order valence-electron chi connectivity index (χ0n) is 17.5. The Balaban J connectivity index is 1.63. The molecule has 2 aliphatic heterocycles. The van der Waals surface area contributed by atoms with E-state index in [-0.39, 0.29) is 22.9 Å². The first-order chi connectivity index (χ1) is 14.9. The normalized spacial score (nSPS) is 18.2. The van der Waals surface area contributed by atoms with Gasteiger partial charge in [0.25, 0.3) is 5.91 Å². The molecule has 2 aromatic rings. The van der Waals surface area contributed by atoms with Gasteiger partial charge in [-0.1, -0.05) is 0 Å². The minimum atomic E-state index is -3.79. The molecule has 0 spiro atoms. The zero-order valence-corrected chi connectivity index (χ0v) is 18.3. The van der Waals surface area contributed by atoms with Crippen LogP contribution in [-0.2, 0) is 26.0 Å². The number of morpholine rings is 2. The number of hydrogen-bond donors (Lipinski definition) is 1. The molecule has 0 saturated carbocycles. The summed E-state index contributed by atoms with van der Waals surface area (Å²) in [4.78, 5) is 14.9. The van der Waals surface area contributed by atoms with Gasteiger partial charge in [-0.05, 0) is 37.3 Å². The first-order valence-electron chi connectivity index (χ1n) is 10.3. The summed E-state index contributed by atoms with van der Waals surface area (Å²) in [5.74, 6) is 1.04. The van der Waals surface area contributed by atoms with Gasteiger partial charge < -0.3 is 24.1 Å². The van der Waals surface area contributed by atoms with Crippen LogP contribution in [0.1, 0.15) is 21.9 Å². The number of aryl methyl sites for hydroxylation is 1. The molecule has 2 saturated heterocycles. The number of carbonyl (C=O) groups excluding carboxylic acids is 1. The number of hydrogen-bond acceptors (Lipinski definition) is 7. The first-order valence-corrected chi connectivity index (χ1v) is 11.8. The van der Waals surface area contributed by atoms with Crippen LogP contribution in [0, 0.1) is 6.92 Å². The summed E-state index contributed by atoms with van der Waals surface area (Å²) in [6, 6.07) is 8.46. The van der Waals surface area contributed by atoms with Crippen LogP contribution in [-0.4, -0.2) is 71.2 Å². The number of furan rings is 1. The minimum absolute atomic E-state index is 0.137. The van der Waals surface area contributed by atoms with E-state index in [1.165, 1.54) is 10.4 Å². The smallest absolute Gasteiger partial charge is 0.251 e. The van der Waals surface area contributed by atoms with E-state index < -0.39 is 10.0 Å². The van der Waals surface area contributed by atoms with E-state index in [9.17, 15) is 13.2 Å². The van der Waals surface area contributed by atoms with E-state index in [4.69, 9.17) is 13.9 Å². The highest BCUT2D eigenvalue weighted by Crippen LogP contribution is 2.30. The van der Waals surface area contributed by atoms with Gasteiger partial charge in [0.15, 0.2) is 0 Å². The second-order valence-corrected chi connectivity index (χ2v) is 9.40. The number of carbonyl (C=O) groups is 1. The lowest BCUT2D eigenvalue weighted by atomic mass is 10.1. The van der Waals surface area contributed by atoms with E-state index in [0.717, 1.165) is 5.76 Å². The molecule has 4 rings (SSSR count). The fourth-order valence-corrected chi connectivity index (χ4v) is 5.35. The minimum Gasteiger partial charge on any atom is -0.465 e. The van der Waals surface area contributed by atoms with Gasteiger partial charge in [-0.2, -0.15) is 4.31 Å². The Hall–Kier alpha value is -2.40.